The fourth-order valence-corrected chi connectivity index (χ4v) is 3.22. The van der Waals surface area contributed by atoms with Crippen LogP contribution in [0.3, 0.4) is 0 Å². The van der Waals surface area contributed by atoms with E-state index in [1.807, 2.05) is 6.07 Å². The Hall–Kier alpha value is -2.91. The van der Waals surface area contributed by atoms with E-state index in [0.717, 1.165) is 35.6 Å². The summed E-state index contributed by atoms with van der Waals surface area (Å²) in [6.45, 7) is 0. The van der Waals surface area contributed by atoms with Gasteiger partial charge in [0.05, 0.1) is 16.4 Å². The smallest absolute Gasteiger partial charge is 0.271 e. The van der Waals surface area contributed by atoms with Crippen LogP contribution in [0.4, 0.5) is 15.8 Å². The van der Waals surface area contributed by atoms with Gasteiger partial charge in [0.1, 0.15) is 5.82 Å². The average molecular weight is 407 g/mol. The largest absolute Gasteiger partial charge is 0.323 e. The van der Waals surface area contributed by atoms with Crippen LogP contribution in [0.25, 0.3) is 5.69 Å². The van der Waals surface area contributed by atoms with E-state index in [4.69, 9.17) is 11.6 Å². The molecule has 0 bridgehead atoms. The Kier molecular flexibility index (Phi) is 5.72. The third-order valence-corrected chi connectivity index (χ3v) is 4.66. The fourth-order valence-electron chi connectivity index (χ4n) is 2.26. The molecule has 3 aromatic rings. The second-order valence-corrected chi connectivity index (χ2v) is 6.70. The Bertz CT molecular complexity index is 1010. The van der Waals surface area contributed by atoms with Gasteiger partial charge in [-0.1, -0.05) is 29.4 Å². The van der Waals surface area contributed by atoms with Crippen molar-refractivity contribution >= 4 is 40.6 Å². The number of nitro groups is 1. The Morgan fingerprint density at radius 3 is 2.89 bits per heavy atom. The molecule has 0 fully saturated rings. The number of amides is 1. The molecule has 138 valence electrons. The fraction of sp³-hybridized carbons (Fsp3) is 0.0588. The minimum absolute atomic E-state index is 0.0558. The van der Waals surface area contributed by atoms with E-state index in [1.165, 1.54) is 0 Å². The summed E-state index contributed by atoms with van der Waals surface area (Å²) in [6, 6.07) is 10.1. The van der Waals surface area contributed by atoms with Crippen LogP contribution in [0, 0.1) is 15.9 Å². The Labute approximate surface area is 162 Å². The highest BCUT2D eigenvalue weighted by atomic mass is 35.5. The number of rotatable bonds is 6. The summed E-state index contributed by atoms with van der Waals surface area (Å²) in [5, 5.41) is 14.2. The summed E-state index contributed by atoms with van der Waals surface area (Å²) in [5.41, 5.74) is 0.233. The van der Waals surface area contributed by atoms with E-state index in [0.29, 0.717) is 10.2 Å². The van der Waals surface area contributed by atoms with Crippen molar-refractivity contribution in [3.8, 4) is 5.69 Å². The molecule has 0 aliphatic carbocycles. The molecule has 0 saturated carbocycles. The number of non-ortho nitro benzene ring substituents is 1. The number of nitrogens with zero attached hydrogens (tertiary/aromatic N) is 3. The van der Waals surface area contributed by atoms with Crippen LogP contribution in [0.15, 0.2) is 60.0 Å². The number of hydrogen-bond acceptors (Lipinski definition) is 5. The normalized spacial score (nSPS) is 10.6. The Balaban J connectivity index is 1.68. The first-order valence-electron chi connectivity index (χ1n) is 7.60. The zero-order valence-corrected chi connectivity index (χ0v) is 15.2. The number of benzene rings is 2. The van der Waals surface area contributed by atoms with Gasteiger partial charge in [-0.25, -0.2) is 9.37 Å². The molecule has 0 aliphatic heterocycles. The zero-order valence-electron chi connectivity index (χ0n) is 13.6. The summed E-state index contributed by atoms with van der Waals surface area (Å²) in [7, 11) is 0. The predicted molar refractivity (Wildman–Crippen MR) is 101 cm³/mol. The molecule has 3 rings (SSSR count). The highest BCUT2D eigenvalue weighted by Crippen LogP contribution is 2.24. The van der Waals surface area contributed by atoms with Crippen LogP contribution in [-0.2, 0) is 4.79 Å². The molecule has 0 unspecified atom stereocenters. The number of nitro benzene ring substituents is 1. The van der Waals surface area contributed by atoms with Gasteiger partial charge < -0.3 is 5.32 Å². The molecule has 1 aromatic heterocycles. The molecule has 1 heterocycles. The molecule has 0 radical (unpaired) electrons. The van der Waals surface area contributed by atoms with Crippen LogP contribution in [0.5, 0.6) is 0 Å². The lowest BCUT2D eigenvalue weighted by Crippen LogP contribution is -2.15. The van der Waals surface area contributed by atoms with E-state index in [2.05, 4.69) is 10.3 Å². The highest BCUT2D eigenvalue weighted by Gasteiger charge is 2.14. The van der Waals surface area contributed by atoms with Gasteiger partial charge in [-0.05, 0) is 24.3 Å². The lowest BCUT2D eigenvalue weighted by Gasteiger charge is -2.09. The van der Waals surface area contributed by atoms with Gasteiger partial charge >= 0.3 is 0 Å². The van der Waals surface area contributed by atoms with Crippen molar-refractivity contribution in [2.75, 3.05) is 11.1 Å². The lowest BCUT2D eigenvalue weighted by molar-refractivity contribution is -0.384. The topological polar surface area (TPSA) is 90.1 Å². The van der Waals surface area contributed by atoms with Crippen molar-refractivity contribution in [3.05, 3.63) is 75.8 Å². The molecular weight excluding hydrogens is 395 g/mol. The number of carbonyl (C=O) groups excluding carboxylic acids is 1. The van der Waals surface area contributed by atoms with Crippen molar-refractivity contribution in [1.29, 1.82) is 0 Å². The molecule has 1 N–H and O–H groups in total. The van der Waals surface area contributed by atoms with Crippen LogP contribution >= 0.6 is 23.4 Å². The van der Waals surface area contributed by atoms with Crippen molar-refractivity contribution in [1.82, 2.24) is 9.55 Å². The molecule has 27 heavy (non-hydrogen) atoms. The highest BCUT2D eigenvalue weighted by molar-refractivity contribution is 7.99. The quantitative estimate of drug-likeness (QED) is 0.374. The van der Waals surface area contributed by atoms with Gasteiger partial charge in [0, 0.05) is 35.2 Å². The number of hydrogen-bond donors (Lipinski definition) is 1. The van der Waals surface area contributed by atoms with Crippen LogP contribution in [0.1, 0.15) is 0 Å². The van der Waals surface area contributed by atoms with E-state index >= 15 is 0 Å². The van der Waals surface area contributed by atoms with E-state index < -0.39 is 16.6 Å². The number of imidazole rings is 1. The monoisotopic (exact) mass is 406 g/mol. The number of halogens is 2. The molecule has 10 heteroatoms. The molecule has 0 aliphatic rings. The van der Waals surface area contributed by atoms with Crippen molar-refractivity contribution < 1.29 is 14.1 Å². The second kappa shape index (κ2) is 8.19. The summed E-state index contributed by atoms with van der Waals surface area (Å²) in [5.74, 6) is -1.32. The van der Waals surface area contributed by atoms with Crippen molar-refractivity contribution in [3.63, 3.8) is 0 Å². The summed E-state index contributed by atoms with van der Waals surface area (Å²) < 4.78 is 15.5. The van der Waals surface area contributed by atoms with Gasteiger partial charge in [0.25, 0.3) is 5.69 Å². The molecular formula is C17H12ClFN4O3S. The predicted octanol–water partition coefficient (Wildman–Crippen LogP) is 4.30. The number of anilines is 1. The molecule has 2 aromatic carbocycles. The SMILES string of the molecule is O=C(CSc1nccn1-c1cccc(Cl)c1)Nc1cc([N+](=O)[O-])ccc1F. The van der Waals surface area contributed by atoms with Crippen LogP contribution in [-0.4, -0.2) is 26.1 Å². The molecule has 0 saturated heterocycles. The van der Waals surface area contributed by atoms with Gasteiger partial charge in [-0.3, -0.25) is 19.5 Å². The first kappa shape index (κ1) is 18.9. The zero-order chi connectivity index (χ0) is 19.4. The van der Waals surface area contributed by atoms with Gasteiger partial charge in [0.15, 0.2) is 5.16 Å². The molecule has 1 amide bonds. The average Bonchev–Trinajstić information content (AvgIpc) is 3.10. The maximum absolute atomic E-state index is 13.8. The minimum atomic E-state index is -0.751. The van der Waals surface area contributed by atoms with Crippen molar-refractivity contribution in [2.45, 2.75) is 5.16 Å². The van der Waals surface area contributed by atoms with E-state index in [9.17, 15) is 19.3 Å². The number of carbonyl (C=O) groups is 1. The maximum Gasteiger partial charge on any atom is 0.271 e. The van der Waals surface area contributed by atoms with Gasteiger partial charge in [-0.15, -0.1) is 0 Å². The molecule has 0 spiro atoms. The Morgan fingerprint density at radius 1 is 1.33 bits per heavy atom. The van der Waals surface area contributed by atoms with Gasteiger partial charge in [0.2, 0.25) is 5.91 Å². The summed E-state index contributed by atoms with van der Waals surface area (Å²) in [6.07, 6.45) is 3.31. The standard InChI is InChI=1S/C17H12ClFN4O3S/c18-11-2-1-3-12(8-11)22-7-6-20-17(22)27-10-16(24)21-15-9-13(23(25)26)4-5-14(15)19/h1-9H,10H2,(H,21,24). The van der Waals surface area contributed by atoms with Crippen LogP contribution in [0.2, 0.25) is 5.02 Å². The van der Waals surface area contributed by atoms with E-state index in [1.54, 1.807) is 35.2 Å². The number of thioether (sulfide) groups is 1. The first-order chi connectivity index (χ1) is 12.9. The van der Waals surface area contributed by atoms with Gasteiger partial charge in [-0.2, -0.15) is 0 Å². The molecule has 7 nitrogen and oxygen atoms in total. The first-order valence-corrected chi connectivity index (χ1v) is 8.96. The minimum Gasteiger partial charge on any atom is -0.323 e. The van der Waals surface area contributed by atoms with Crippen molar-refractivity contribution in [2.24, 2.45) is 0 Å². The van der Waals surface area contributed by atoms with E-state index in [-0.39, 0.29) is 17.1 Å². The molecule has 0 atom stereocenters. The number of aromatic nitrogens is 2. The Morgan fingerprint density at radius 2 is 2.15 bits per heavy atom. The summed E-state index contributed by atoms with van der Waals surface area (Å²) in [4.78, 5) is 26.4. The third kappa shape index (κ3) is 4.63. The lowest BCUT2D eigenvalue weighted by atomic mass is 10.2. The third-order valence-electron chi connectivity index (χ3n) is 3.46. The maximum atomic E-state index is 13.8. The summed E-state index contributed by atoms with van der Waals surface area (Å²) >= 11 is 7.13. The second-order valence-electron chi connectivity index (χ2n) is 5.32. The number of nitrogens with one attached hydrogen (secondary N) is 1. The van der Waals surface area contributed by atoms with Crippen LogP contribution < -0.4 is 5.32 Å².